The minimum absolute atomic E-state index is 0.0461. The summed E-state index contributed by atoms with van der Waals surface area (Å²) in [6.07, 6.45) is 5.56. The molecule has 0 aliphatic carbocycles. The molecule has 35 heavy (non-hydrogen) atoms. The minimum atomic E-state index is -3.45. The number of anilines is 1. The summed E-state index contributed by atoms with van der Waals surface area (Å²) < 4.78 is 32.8. The lowest BCUT2D eigenvalue weighted by Crippen LogP contribution is -2.12. The van der Waals surface area contributed by atoms with Gasteiger partial charge in [-0.25, -0.2) is 18.4 Å². The molecule has 0 spiro atoms. The van der Waals surface area contributed by atoms with Gasteiger partial charge in [0.25, 0.3) is 5.91 Å². The number of carbonyl (C=O) groups excluding carboxylic acids is 1. The van der Waals surface area contributed by atoms with Gasteiger partial charge < -0.3 is 18.9 Å². The number of furan rings is 1. The number of sulfone groups is 1. The van der Waals surface area contributed by atoms with E-state index >= 15 is 0 Å². The van der Waals surface area contributed by atoms with Crippen molar-refractivity contribution in [2.45, 2.75) is 24.9 Å². The Morgan fingerprint density at radius 1 is 1.11 bits per heavy atom. The van der Waals surface area contributed by atoms with E-state index in [0.717, 1.165) is 6.26 Å². The molecule has 1 N–H and O–H groups in total. The van der Waals surface area contributed by atoms with Crippen LogP contribution < -0.4 is 5.32 Å². The third-order valence-corrected chi connectivity index (χ3v) is 6.30. The highest BCUT2D eigenvalue weighted by Gasteiger charge is 2.18. The molecule has 0 saturated carbocycles. The molecule has 11 nitrogen and oxygen atoms in total. The van der Waals surface area contributed by atoms with Gasteiger partial charge >= 0.3 is 0 Å². The first-order valence-electron chi connectivity index (χ1n) is 10.7. The van der Waals surface area contributed by atoms with Crippen molar-refractivity contribution in [3.05, 3.63) is 67.1 Å². The van der Waals surface area contributed by atoms with Gasteiger partial charge in [-0.1, -0.05) is 12.1 Å². The summed E-state index contributed by atoms with van der Waals surface area (Å²) in [5.41, 5.74) is 1.66. The van der Waals surface area contributed by atoms with Crippen molar-refractivity contribution in [1.29, 1.82) is 0 Å². The number of nitrogens with one attached hydrogen (secondary N) is 1. The van der Waals surface area contributed by atoms with Crippen LogP contribution in [0.4, 0.5) is 5.82 Å². The molecule has 4 heterocycles. The third-order valence-electron chi connectivity index (χ3n) is 5.33. The summed E-state index contributed by atoms with van der Waals surface area (Å²) in [4.78, 5) is 21.4. The number of rotatable bonds is 6. The number of amides is 1. The molecule has 1 aromatic carbocycles. The topological polar surface area (TPSA) is 138 Å². The smallest absolute Gasteiger partial charge is 0.292 e. The molecular formula is C23H21N7O4S. The monoisotopic (exact) mass is 491 g/mol. The SMILES string of the molecule is CC(C)n1cnnc1-c1cccc(NC(=O)c2cc3c(-n4cnc(S(C)(=O)=O)c4)cccc3o2)n1. The number of nitrogens with zero attached hydrogens (tertiary/aromatic N) is 6. The zero-order valence-corrected chi connectivity index (χ0v) is 19.9. The molecule has 0 atom stereocenters. The largest absolute Gasteiger partial charge is 0.451 e. The summed E-state index contributed by atoms with van der Waals surface area (Å²) >= 11 is 0. The van der Waals surface area contributed by atoms with Gasteiger partial charge in [0, 0.05) is 23.9 Å². The van der Waals surface area contributed by atoms with Crippen molar-refractivity contribution in [1.82, 2.24) is 29.3 Å². The Morgan fingerprint density at radius 2 is 1.91 bits per heavy atom. The second-order valence-corrected chi connectivity index (χ2v) is 10.2. The lowest BCUT2D eigenvalue weighted by Gasteiger charge is -2.10. The van der Waals surface area contributed by atoms with E-state index in [-0.39, 0.29) is 16.8 Å². The van der Waals surface area contributed by atoms with E-state index in [1.807, 2.05) is 18.4 Å². The quantitative estimate of drug-likeness (QED) is 0.381. The summed E-state index contributed by atoms with van der Waals surface area (Å²) in [5.74, 6) is 0.523. The molecule has 0 radical (unpaired) electrons. The Balaban J connectivity index is 1.44. The highest BCUT2D eigenvalue weighted by molar-refractivity contribution is 7.90. The number of benzene rings is 1. The van der Waals surface area contributed by atoms with Crippen molar-refractivity contribution in [3.63, 3.8) is 0 Å². The van der Waals surface area contributed by atoms with Gasteiger partial charge in [-0.3, -0.25) is 4.79 Å². The Kier molecular flexibility index (Phi) is 5.44. The van der Waals surface area contributed by atoms with Gasteiger partial charge in [0.1, 0.15) is 29.7 Å². The van der Waals surface area contributed by atoms with Gasteiger partial charge in [0.15, 0.2) is 26.4 Å². The summed E-state index contributed by atoms with van der Waals surface area (Å²) in [5, 5.41) is 11.4. The summed E-state index contributed by atoms with van der Waals surface area (Å²) in [6, 6.07) is 12.2. The number of carbonyl (C=O) groups is 1. The average Bonchev–Trinajstić information content (AvgIpc) is 3.57. The second-order valence-electron chi connectivity index (χ2n) is 8.21. The maximum atomic E-state index is 13.0. The molecule has 0 aliphatic rings. The lowest BCUT2D eigenvalue weighted by atomic mass is 10.2. The van der Waals surface area contributed by atoms with Crippen molar-refractivity contribution >= 4 is 32.5 Å². The number of hydrogen-bond acceptors (Lipinski definition) is 8. The second kappa shape index (κ2) is 8.47. The van der Waals surface area contributed by atoms with Gasteiger partial charge in [-0.05, 0) is 44.2 Å². The minimum Gasteiger partial charge on any atom is -0.451 e. The van der Waals surface area contributed by atoms with E-state index in [2.05, 4.69) is 25.5 Å². The molecule has 12 heteroatoms. The molecule has 4 aromatic heterocycles. The van der Waals surface area contributed by atoms with Gasteiger partial charge in [-0.15, -0.1) is 10.2 Å². The zero-order chi connectivity index (χ0) is 24.7. The molecular weight excluding hydrogens is 470 g/mol. The normalized spacial score (nSPS) is 11.9. The lowest BCUT2D eigenvalue weighted by molar-refractivity contribution is 0.0998. The first kappa shape index (κ1) is 22.5. The van der Waals surface area contributed by atoms with Gasteiger partial charge in [-0.2, -0.15) is 0 Å². The van der Waals surface area contributed by atoms with Crippen LogP contribution in [-0.2, 0) is 9.84 Å². The fourth-order valence-corrected chi connectivity index (χ4v) is 4.16. The summed E-state index contributed by atoms with van der Waals surface area (Å²) in [7, 11) is -3.45. The molecule has 178 valence electrons. The molecule has 5 aromatic rings. The van der Waals surface area contributed by atoms with Crippen LogP contribution in [0.25, 0.3) is 28.2 Å². The first-order valence-corrected chi connectivity index (χ1v) is 12.5. The van der Waals surface area contributed by atoms with Crippen LogP contribution in [0.2, 0.25) is 0 Å². The molecule has 0 fully saturated rings. The molecule has 5 rings (SSSR count). The van der Waals surface area contributed by atoms with Crippen LogP contribution in [0.5, 0.6) is 0 Å². The zero-order valence-electron chi connectivity index (χ0n) is 19.1. The Bertz CT molecular complexity index is 1660. The standard InChI is InChI=1S/C23H21N7O4S/c1-14(2)30-13-25-28-22(30)16-6-4-9-20(26-16)27-23(31)19-10-15-17(7-5-8-18(15)34-19)29-11-21(24-12-29)35(3,32)33/h4-14H,1-3H3,(H,26,27,31). The molecule has 1 amide bonds. The molecule has 0 bridgehead atoms. The summed E-state index contributed by atoms with van der Waals surface area (Å²) in [6.45, 7) is 4.03. The van der Waals surface area contributed by atoms with Crippen LogP contribution in [0.1, 0.15) is 30.4 Å². The molecule has 0 saturated heterocycles. The van der Waals surface area contributed by atoms with Gasteiger partial charge in [0.05, 0.1) is 5.69 Å². The van der Waals surface area contributed by atoms with E-state index in [9.17, 15) is 13.2 Å². The number of hydrogen-bond donors (Lipinski definition) is 1. The predicted octanol–water partition coefficient (Wildman–Crippen LogP) is 3.51. The first-order chi connectivity index (χ1) is 16.7. The Hall–Kier alpha value is -4.32. The highest BCUT2D eigenvalue weighted by Crippen LogP contribution is 2.27. The third kappa shape index (κ3) is 4.30. The number of aromatic nitrogens is 6. The Labute approximate surface area is 200 Å². The van der Waals surface area contributed by atoms with Crippen molar-refractivity contribution in [3.8, 4) is 17.2 Å². The van der Waals surface area contributed by atoms with Crippen LogP contribution in [0.3, 0.4) is 0 Å². The highest BCUT2D eigenvalue weighted by atomic mass is 32.2. The maximum Gasteiger partial charge on any atom is 0.292 e. The van der Waals surface area contributed by atoms with E-state index in [0.29, 0.717) is 34.0 Å². The number of fused-ring (bicyclic) bond motifs is 1. The fraction of sp³-hybridized carbons (Fsp3) is 0.174. The number of imidazole rings is 1. The predicted molar refractivity (Wildman–Crippen MR) is 128 cm³/mol. The van der Waals surface area contributed by atoms with Crippen molar-refractivity contribution in [2.75, 3.05) is 11.6 Å². The molecule has 0 aliphatic heterocycles. The fourth-order valence-electron chi connectivity index (χ4n) is 3.62. The van der Waals surface area contributed by atoms with Crippen LogP contribution in [0.15, 0.2) is 70.8 Å². The van der Waals surface area contributed by atoms with Crippen LogP contribution in [-0.4, -0.2) is 49.9 Å². The van der Waals surface area contributed by atoms with Crippen molar-refractivity contribution in [2.24, 2.45) is 0 Å². The van der Waals surface area contributed by atoms with E-state index in [1.54, 1.807) is 53.4 Å². The van der Waals surface area contributed by atoms with E-state index < -0.39 is 15.7 Å². The Morgan fingerprint density at radius 3 is 2.66 bits per heavy atom. The average molecular weight is 492 g/mol. The van der Waals surface area contributed by atoms with Crippen molar-refractivity contribution < 1.29 is 17.6 Å². The number of pyridine rings is 1. The van der Waals surface area contributed by atoms with Crippen LogP contribution in [0, 0.1) is 0 Å². The van der Waals surface area contributed by atoms with E-state index in [1.165, 1.54) is 12.5 Å². The van der Waals surface area contributed by atoms with Crippen LogP contribution >= 0.6 is 0 Å². The van der Waals surface area contributed by atoms with E-state index in [4.69, 9.17) is 4.42 Å². The van der Waals surface area contributed by atoms with Gasteiger partial charge in [0.2, 0.25) is 0 Å². The maximum absolute atomic E-state index is 13.0. The molecule has 0 unspecified atom stereocenters.